The molecule has 0 fully saturated rings. The lowest BCUT2D eigenvalue weighted by Crippen LogP contribution is -1.97. The molecule has 0 aliphatic carbocycles. The molecule has 0 radical (unpaired) electrons. The number of rotatable bonds is 4. The summed E-state index contributed by atoms with van der Waals surface area (Å²) in [5.74, 6) is -0.189. The van der Waals surface area contributed by atoms with E-state index in [1.165, 1.54) is 19.3 Å². The molecule has 0 saturated heterocycles. The molecule has 2 aromatic carbocycles. The Morgan fingerprint density at radius 2 is 1.83 bits per heavy atom. The van der Waals surface area contributed by atoms with Crippen molar-refractivity contribution in [3.8, 4) is 16.9 Å². The summed E-state index contributed by atoms with van der Waals surface area (Å²) in [5, 5.41) is 0. The van der Waals surface area contributed by atoms with Crippen molar-refractivity contribution in [2.75, 3.05) is 14.2 Å². The highest BCUT2D eigenvalue weighted by atomic mass is 19.1. The highest BCUT2D eigenvalue weighted by molar-refractivity contribution is 5.91. The molecule has 0 amide bonds. The van der Waals surface area contributed by atoms with Crippen molar-refractivity contribution in [2.24, 2.45) is 0 Å². The minimum Gasteiger partial charge on any atom is -0.496 e. The van der Waals surface area contributed by atoms with E-state index in [0.717, 1.165) is 11.1 Å². The first-order valence-electron chi connectivity index (χ1n) is 7.17. The summed E-state index contributed by atoms with van der Waals surface area (Å²) in [5.41, 5.74) is 3.56. The predicted octanol–water partition coefficient (Wildman–Crippen LogP) is 4.39. The lowest BCUT2D eigenvalue weighted by Gasteiger charge is -2.12. The molecule has 3 nitrogen and oxygen atoms in total. The molecule has 0 spiro atoms. The van der Waals surface area contributed by atoms with Gasteiger partial charge < -0.3 is 9.47 Å². The largest absolute Gasteiger partial charge is 0.496 e. The maximum Gasteiger partial charge on any atom is 0.330 e. The van der Waals surface area contributed by atoms with Gasteiger partial charge in [-0.25, -0.2) is 9.18 Å². The number of allylic oxidation sites excluding steroid dienone is 1. The molecule has 4 heteroatoms. The maximum atomic E-state index is 14.3. The Kier molecular flexibility index (Phi) is 5.16. The molecule has 0 unspecified atom stereocenters. The molecule has 0 atom stereocenters. The number of carbonyl (C=O) groups is 1. The van der Waals surface area contributed by atoms with E-state index < -0.39 is 5.97 Å². The van der Waals surface area contributed by atoms with E-state index in [2.05, 4.69) is 4.74 Å². The second-order valence-electron chi connectivity index (χ2n) is 5.25. The lowest BCUT2D eigenvalue weighted by atomic mass is 9.97. The fourth-order valence-corrected chi connectivity index (χ4v) is 2.33. The summed E-state index contributed by atoms with van der Waals surface area (Å²) in [6, 6.07) is 10.3. The number of esters is 1. The van der Waals surface area contributed by atoms with Crippen LogP contribution in [0.4, 0.5) is 4.39 Å². The van der Waals surface area contributed by atoms with Crippen LogP contribution in [0.2, 0.25) is 0 Å². The minimum absolute atomic E-state index is 0.344. The van der Waals surface area contributed by atoms with Crippen LogP contribution < -0.4 is 4.74 Å². The van der Waals surface area contributed by atoms with Crippen molar-refractivity contribution in [2.45, 2.75) is 13.8 Å². The van der Waals surface area contributed by atoms with Crippen molar-refractivity contribution in [1.29, 1.82) is 0 Å². The Labute approximate surface area is 135 Å². The summed E-state index contributed by atoms with van der Waals surface area (Å²) in [6.07, 6.45) is 1.38. The van der Waals surface area contributed by atoms with Gasteiger partial charge in [-0.1, -0.05) is 17.7 Å². The van der Waals surface area contributed by atoms with Crippen LogP contribution in [0.5, 0.6) is 5.75 Å². The van der Waals surface area contributed by atoms with E-state index >= 15 is 0 Å². The molecule has 0 aliphatic rings. The summed E-state index contributed by atoms with van der Waals surface area (Å²) < 4.78 is 24.3. The third-order valence-corrected chi connectivity index (χ3v) is 3.60. The van der Waals surface area contributed by atoms with Crippen molar-refractivity contribution < 1.29 is 18.7 Å². The van der Waals surface area contributed by atoms with Crippen molar-refractivity contribution in [3.63, 3.8) is 0 Å². The topological polar surface area (TPSA) is 35.5 Å². The van der Waals surface area contributed by atoms with Crippen LogP contribution in [-0.4, -0.2) is 20.2 Å². The van der Waals surface area contributed by atoms with Gasteiger partial charge in [0.1, 0.15) is 11.6 Å². The molecular formula is C19H19FO3. The molecular weight excluding hydrogens is 295 g/mol. The van der Waals surface area contributed by atoms with Gasteiger partial charge >= 0.3 is 5.97 Å². The third-order valence-electron chi connectivity index (χ3n) is 3.60. The number of aryl methyl sites for hydroxylation is 1. The molecule has 120 valence electrons. The van der Waals surface area contributed by atoms with Crippen LogP contribution in [0.15, 0.2) is 42.5 Å². The lowest BCUT2D eigenvalue weighted by molar-refractivity contribution is -0.134. The Morgan fingerprint density at radius 1 is 1.09 bits per heavy atom. The van der Waals surface area contributed by atoms with E-state index in [1.807, 2.05) is 25.1 Å². The first-order valence-corrected chi connectivity index (χ1v) is 7.17. The molecule has 2 aromatic rings. The smallest absolute Gasteiger partial charge is 0.330 e. The fraction of sp³-hybridized carbons (Fsp3) is 0.211. The number of carbonyl (C=O) groups excluding carboxylic acids is 1. The van der Waals surface area contributed by atoms with E-state index in [4.69, 9.17) is 4.74 Å². The first-order chi connectivity index (χ1) is 11.0. The monoisotopic (exact) mass is 314 g/mol. The Bertz CT molecular complexity index is 763. The molecule has 0 heterocycles. The average Bonchev–Trinajstić information content (AvgIpc) is 2.55. The van der Waals surface area contributed by atoms with Crippen LogP contribution in [0.25, 0.3) is 16.7 Å². The Balaban J connectivity index is 2.57. The quantitative estimate of drug-likeness (QED) is 0.620. The van der Waals surface area contributed by atoms with Crippen molar-refractivity contribution in [1.82, 2.24) is 0 Å². The number of hydrogen-bond donors (Lipinski definition) is 0. The number of halogens is 1. The van der Waals surface area contributed by atoms with Gasteiger partial charge in [0.05, 0.1) is 14.2 Å². The van der Waals surface area contributed by atoms with E-state index in [-0.39, 0.29) is 5.82 Å². The molecule has 0 N–H and O–H groups in total. The van der Waals surface area contributed by atoms with Gasteiger partial charge in [-0.2, -0.15) is 0 Å². The highest BCUT2D eigenvalue weighted by Gasteiger charge is 2.13. The second kappa shape index (κ2) is 7.09. The van der Waals surface area contributed by atoms with Gasteiger partial charge in [0.2, 0.25) is 0 Å². The molecule has 2 rings (SSSR count). The molecule has 0 aliphatic heterocycles. The van der Waals surface area contributed by atoms with E-state index in [1.54, 1.807) is 26.2 Å². The first kappa shape index (κ1) is 16.7. The van der Waals surface area contributed by atoms with Gasteiger partial charge in [-0.05, 0) is 49.2 Å². The molecule has 23 heavy (non-hydrogen) atoms. The second-order valence-corrected chi connectivity index (χ2v) is 5.25. The molecule has 0 bridgehead atoms. The summed E-state index contributed by atoms with van der Waals surface area (Å²) >= 11 is 0. The zero-order valence-corrected chi connectivity index (χ0v) is 13.6. The number of benzene rings is 2. The average molecular weight is 314 g/mol. The van der Waals surface area contributed by atoms with Crippen molar-refractivity contribution in [3.05, 3.63) is 59.4 Å². The summed E-state index contributed by atoms with van der Waals surface area (Å²) in [6.45, 7) is 3.72. The number of methoxy groups -OCH3 is 2. The Hall–Kier alpha value is -2.62. The van der Waals surface area contributed by atoms with Crippen LogP contribution in [0.3, 0.4) is 0 Å². The third kappa shape index (κ3) is 3.77. The van der Waals surface area contributed by atoms with Crippen LogP contribution in [-0.2, 0) is 9.53 Å². The highest BCUT2D eigenvalue weighted by Crippen LogP contribution is 2.34. The molecule has 0 aromatic heterocycles. The van der Waals surface area contributed by atoms with Crippen LogP contribution in [0, 0.1) is 12.7 Å². The van der Waals surface area contributed by atoms with Gasteiger partial charge in [0.25, 0.3) is 0 Å². The van der Waals surface area contributed by atoms with Gasteiger partial charge in [0.15, 0.2) is 0 Å². The fourth-order valence-electron chi connectivity index (χ4n) is 2.33. The zero-order chi connectivity index (χ0) is 17.0. The summed E-state index contributed by atoms with van der Waals surface area (Å²) in [4.78, 5) is 11.4. The van der Waals surface area contributed by atoms with Crippen LogP contribution >= 0.6 is 0 Å². The minimum atomic E-state index is -0.443. The van der Waals surface area contributed by atoms with E-state index in [0.29, 0.717) is 22.4 Å². The maximum absolute atomic E-state index is 14.3. The van der Waals surface area contributed by atoms with Crippen LogP contribution in [0.1, 0.15) is 18.1 Å². The summed E-state index contributed by atoms with van der Waals surface area (Å²) in [7, 11) is 2.87. The van der Waals surface area contributed by atoms with Gasteiger partial charge in [-0.3, -0.25) is 0 Å². The van der Waals surface area contributed by atoms with Gasteiger partial charge in [0, 0.05) is 17.2 Å². The van der Waals surface area contributed by atoms with E-state index in [9.17, 15) is 9.18 Å². The van der Waals surface area contributed by atoms with Gasteiger partial charge in [-0.15, -0.1) is 0 Å². The standard InChI is InChI=1S/C19H19FO3/c1-12-5-8-18(22-3)16(9-12)15-11-14(6-7-17(15)20)13(2)10-19(21)23-4/h5-11H,1-4H3/b13-10+. The Morgan fingerprint density at radius 3 is 2.48 bits per heavy atom. The number of hydrogen-bond acceptors (Lipinski definition) is 3. The zero-order valence-electron chi connectivity index (χ0n) is 13.6. The van der Waals surface area contributed by atoms with Crippen molar-refractivity contribution >= 4 is 11.5 Å². The normalized spacial score (nSPS) is 11.3. The number of ether oxygens (including phenoxy) is 2. The SMILES string of the molecule is COC(=O)/C=C(\C)c1ccc(F)c(-c2cc(C)ccc2OC)c1. The molecule has 0 saturated carbocycles. The predicted molar refractivity (Wildman–Crippen MR) is 88.8 cm³/mol.